The smallest absolute Gasteiger partial charge is 0.406 e. The molecule has 1 heterocycles. The summed E-state index contributed by atoms with van der Waals surface area (Å²) in [5, 5.41) is 7.23. The summed E-state index contributed by atoms with van der Waals surface area (Å²) in [7, 11) is 0. The van der Waals surface area contributed by atoms with Crippen LogP contribution in [0.15, 0.2) is 36.7 Å². The number of hydrogen-bond donors (Lipinski definition) is 1. The molecule has 1 aromatic heterocycles. The van der Waals surface area contributed by atoms with Crippen molar-refractivity contribution in [1.29, 1.82) is 0 Å². The van der Waals surface area contributed by atoms with Gasteiger partial charge in [0.15, 0.2) is 0 Å². The monoisotopic (exact) mass is 299 g/mol. The Bertz CT molecular complexity index is 581. The second-order valence-corrected chi connectivity index (χ2v) is 4.54. The van der Waals surface area contributed by atoms with E-state index in [1.54, 1.807) is 12.3 Å². The van der Waals surface area contributed by atoms with Gasteiger partial charge >= 0.3 is 6.36 Å². The van der Waals surface area contributed by atoms with Gasteiger partial charge in [-0.3, -0.25) is 4.68 Å². The highest BCUT2D eigenvalue weighted by Gasteiger charge is 2.31. The van der Waals surface area contributed by atoms with Crippen LogP contribution >= 0.6 is 0 Å². The molecule has 0 fully saturated rings. The van der Waals surface area contributed by atoms with Gasteiger partial charge in [-0.1, -0.05) is 13.0 Å². The fourth-order valence-electron chi connectivity index (χ4n) is 1.86. The molecule has 114 valence electrons. The Morgan fingerprint density at radius 3 is 2.86 bits per heavy atom. The molecule has 0 radical (unpaired) electrons. The van der Waals surface area contributed by atoms with Crippen LogP contribution in [-0.2, 0) is 13.1 Å². The van der Waals surface area contributed by atoms with Crippen molar-refractivity contribution in [3.8, 4) is 5.75 Å². The van der Waals surface area contributed by atoms with Crippen LogP contribution in [-0.4, -0.2) is 16.1 Å². The first-order valence-electron chi connectivity index (χ1n) is 6.57. The summed E-state index contributed by atoms with van der Waals surface area (Å²) < 4.78 is 42.1. The molecule has 0 saturated heterocycles. The van der Waals surface area contributed by atoms with Gasteiger partial charge in [0.25, 0.3) is 0 Å². The molecule has 1 aromatic carbocycles. The van der Waals surface area contributed by atoms with E-state index in [9.17, 15) is 13.2 Å². The number of halogens is 3. The van der Waals surface area contributed by atoms with Crippen molar-refractivity contribution in [2.45, 2.75) is 32.8 Å². The maximum Gasteiger partial charge on any atom is 0.573 e. The van der Waals surface area contributed by atoms with Gasteiger partial charge < -0.3 is 10.1 Å². The molecular formula is C14H16F3N3O. The Kier molecular flexibility index (Phi) is 4.72. The number of nitrogens with zero attached hydrogens (tertiary/aromatic N) is 2. The molecule has 2 rings (SSSR count). The third-order valence-electron chi connectivity index (χ3n) is 2.70. The lowest BCUT2D eigenvalue weighted by atomic mass is 10.3. The number of benzene rings is 1. The molecule has 0 saturated carbocycles. The van der Waals surface area contributed by atoms with E-state index in [-0.39, 0.29) is 5.75 Å². The Morgan fingerprint density at radius 2 is 2.14 bits per heavy atom. The highest BCUT2D eigenvalue weighted by molar-refractivity contribution is 5.48. The van der Waals surface area contributed by atoms with Crippen molar-refractivity contribution >= 4 is 5.69 Å². The molecule has 0 atom stereocenters. The fraction of sp³-hybridized carbons (Fsp3) is 0.357. The molecule has 4 nitrogen and oxygen atoms in total. The van der Waals surface area contributed by atoms with Gasteiger partial charge in [0.1, 0.15) is 5.75 Å². The largest absolute Gasteiger partial charge is 0.573 e. The zero-order valence-corrected chi connectivity index (χ0v) is 11.5. The number of ether oxygens (including phenoxy) is 1. The highest BCUT2D eigenvalue weighted by atomic mass is 19.4. The summed E-state index contributed by atoms with van der Waals surface area (Å²) >= 11 is 0. The SMILES string of the molecule is CCCn1cc(CNc2cccc(OC(F)(F)F)c2)cn1. The normalized spacial score (nSPS) is 11.4. The van der Waals surface area contributed by atoms with Crippen LogP contribution in [0.1, 0.15) is 18.9 Å². The molecule has 0 bridgehead atoms. The van der Waals surface area contributed by atoms with E-state index in [0.717, 1.165) is 18.5 Å². The minimum absolute atomic E-state index is 0.242. The Labute approximate surface area is 120 Å². The van der Waals surface area contributed by atoms with Gasteiger partial charge in [-0.2, -0.15) is 5.10 Å². The summed E-state index contributed by atoms with van der Waals surface area (Å²) in [6, 6.07) is 5.76. The summed E-state index contributed by atoms with van der Waals surface area (Å²) in [6.45, 7) is 3.39. The molecule has 0 aliphatic heterocycles. The molecule has 1 N–H and O–H groups in total. The summed E-state index contributed by atoms with van der Waals surface area (Å²) in [4.78, 5) is 0. The van der Waals surface area contributed by atoms with E-state index in [0.29, 0.717) is 12.2 Å². The molecule has 0 amide bonds. The van der Waals surface area contributed by atoms with E-state index in [1.165, 1.54) is 18.2 Å². The van der Waals surface area contributed by atoms with Crippen LogP contribution in [0.5, 0.6) is 5.75 Å². The summed E-state index contributed by atoms with van der Waals surface area (Å²) in [5.41, 5.74) is 1.52. The molecule has 2 aromatic rings. The average molecular weight is 299 g/mol. The molecule has 7 heteroatoms. The van der Waals surface area contributed by atoms with Crippen LogP contribution in [0.3, 0.4) is 0 Å². The topological polar surface area (TPSA) is 39.1 Å². The highest BCUT2D eigenvalue weighted by Crippen LogP contribution is 2.25. The van der Waals surface area contributed by atoms with Crippen molar-refractivity contribution in [2.24, 2.45) is 0 Å². The number of alkyl halides is 3. The number of aryl methyl sites for hydroxylation is 1. The molecule has 0 spiro atoms. The minimum atomic E-state index is -4.68. The van der Waals surface area contributed by atoms with Gasteiger partial charge in [0.05, 0.1) is 6.20 Å². The zero-order valence-electron chi connectivity index (χ0n) is 11.5. The lowest BCUT2D eigenvalue weighted by Crippen LogP contribution is -2.17. The Balaban J connectivity index is 1.94. The molecule has 0 aliphatic carbocycles. The third kappa shape index (κ3) is 5.02. The number of nitrogens with one attached hydrogen (secondary N) is 1. The Hall–Kier alpha value is -2.18. The van der Waals surface area contributed by atoms with E-state index in [1.807, 2.05) is 10.9 Å². The number of anilines is 1. The zero-order chi connectivity index (χ0) is 15.3. The average Bonchev–Trinajstić information content (AvgIpc) is 2.83. The number of aromatic nitrogens is 2. The van der Waals surface area contributed by atoms with Gasteiger partial charge in [-0.15, -0.1) is 13.2 Å². The van der Waals surface area contributed by atoms with Crippen LogP contribution < -0.4 is 10.1 Å². The van der Waals surface area contributed by atoms with Crippen LogP contribution in [0.25, 0.3) is 0 Å². The molecular weight excluding hydrogens is 283 g/mol. The standard InChI is InChI=1S/C14H16F3N3O/c1-2-6-20-10-11(9-19-20)8-18-12-4-3-5-13(7-12)21-14(15,16)17/h3-5,7,9-10,18H,2,6,8H2,1H3. The van der Waals surface area contributed by atoms with Gasteiger partial charge in [0, 0.05) is 36.6 Å². The fourth-order valence-corrected chi connectivity index (χ4v) is 1.86. The van der Waals surface area contributed by atoms with Crippen molar-refractivity contribution in [3.63, 3.8) is 0 Å². The molecule has 0 unspecified atom stereocenters. The summed E-state index contributed by atoms with van der Waals surface area (Å²) in [5.74, 6) is -0.242. The first-order valence-corrected chi connectivity index (χ1v) is 6.57. The lowest BCUT2D eigenvalue weighted by molar-refractivity contribution is -0.274. The van der Waals surface area contributed by atoms with Crippen LogP contribution in [0, 0.1) is 0 Å². The van der Waals surface area contributed by atoms with Gasteiger partial charge in [0.2, 0.25) is 0 Å². The maximum absolute atomic E-state index is 12.1. The predicted octanol–water partition coefficient (Wildman–Crippen LogP) is 3.80. The predicted molar refractivity (Wildman–Crippen MR) is 73.0 cm³/mol. The van der Waals surface area contributed by atoms with E-state index in [4.69, 9.17) is 0 Å². The quantitative estimate of drug-likeness (QED) is 0.881. The van der Waals surface area contributed by atoms with Crippen molar-refractivity contribution in [2.75, 3.05) is 5.32 Å². The van der Waals surface area contributed by atoms with Crippen molar-refractivity contribution < 1.29 is 17.9 Å². The van der Waals surface area contributed by atoms with Gasteiger partial charge in [-0.25, -0.2) is 0 Å². The number of hydrogen-bond acceptors (Lipinski definition) is 3. The van der Waals surface area contributed by atoms with Crippen molar-refractivity contribution in [3.05, 3.63) is 42.2 Å². The molecule has 21 heavy (non-hydrogen) atoms. The van der Waals surface area contributed by atoms with E-state index >= 15 is 0 Å². The maximum atomic E-state index is 12.1. The summed E-state index contributed by atoms with van der Waals surface area (Å²) in [6.07, 6.45) is -0.0451. The number of rotatable bonds is 6. The Morgan fingerprint density at radius 1 is 1.33 bits per heavy atom. The van der Waals surface area contributed by atoms with E-state index in [2.05, 4.69) is 22.1 Å². The van der Waals surface area contributed by atoms with Crippen LogP contribution in [0.4, 0.5) is 18.9 Å². The minimum Gasteiger partial charge on any atom is -0.406 e. The second-order valence-electron chi connectivity index (χ2n) is 4.54. The van der Waals surface area contributed by atoms with E-state index < -0.39 is 6.36 Å². The second kappa shape index (κ2) is 6.51. The first-order chi connectivity index (χ1) is 9.96. The van der Waals surface area contributed by atoms with Gasteiger partial charge in [-0.05, 0) is 18.6 Å². The van der Waals surface area contributed by atoms with Crippen molar-refractivity contribution in [1.82, 2.24) is 9.78 Å². The lowest BCUT2D eigenvalue weighted by Gasteiger charge is -2.10. The molecule has 0 aliphatic rings. The third-order valence-corrected chi connectivity index (χ3v) is 2.70. The van der Waals surface area contributed by atoms with Crippen LogP contribution in [0.2, 0.25) is 0 Å². The first kappa shape index (κ1) is 15.2.